The standard InChI is InChI=1S/C17H15ClO3/c1-20-10-11-4-2-3-5-14(11)17(19)16-9-12-8-13(18)6-7-15(12)21-16/h2-9,17,19H,10H2,1H3. The lowest BCUT2D eigenvalue weighted by Crippen LogP contribution is -2.03. The van der Waals surface area contributed by atoms with E-state index < -0.39 is 6.10 Å². The number of halogens is 1. The van der Waals surface area contributed by atoms with Crippen molar-refractivity contribution in [3.05, 3.63) is 70.4 Å². The van der Waals surface area contributed by atoms with E-state index in [4.69, 9.17) is 20.8 Å². The third-order valence-electron chi connectivity index (χ3n) is 3.42. The summed E-state index contributed by atoms with van der Waals surface area (Å²) in [5.41, 5.74) is 2.42. The first kappa shape index (κ1) is 14.1. The van der Waals surface area contributed by atoms with Crippen LogP contribution in [-0.4, -0.2) is 12.2 Å². The van der Waals surface area contributed by atoms with Crippen LogP contribution in [0.25, 0.3) is 11.0 Å². The minimum Gasteiger partial charge on any atom is -0.458 e. The summed E-state index contributed by atoms with van der Waals surface area (Å²) in [5.74, 6) is 0.496. The van der Waals surface area contributed by atoms with Crippen LogP contribution in [0.4, 0.5) is 0 Å². The largest absolute Gasteiger partial charge is 0.458 e. The van der Waals surface area contributed by atoms with Crippen LogP contribution in [0.15, 0.2) is 52.9 Å². The molecule has 0 fully saturated rings. The van der Waals surface area contributed by atoms with Crippen LogP contribution in [0, 0.1) is 0 Å². The van der Waals surface area contributed by atoms with Gasteiger partial charge < -0.3 is 14.3 Å². The first-order valence-electron chi connectivity index (χ1n) is 6.63. The molecule has 0 saturated heterocycles. The van der Waals surface area contributed by atoms with Gasteiger partial charge in [-0.3, -0.25) is 0 Å². The molecule has 1 atom stereocenters. The minimum atomic E-state index is -0.831. The van der Waals surface area contributed by atoms with Gasteiger partial charge in [-0.05, 0) is 35.4 Å². The van der Waals surface area contributed by atoms with Gasteiger partial charge in [-0.15, -0.1) is 0 Å². The Morgan fingerprint density at radius 1 is 1.19 bits per heavy atom. The minimum absolute atomic E-state index is 0.444. The highest BCUT2D eigenvalue weighted by Gasteiger charge is 2.18. The molecule has 0 spiro atoms. The van der Waals surface area contributed by atoms with Crippen molar-refractivity contribution in [2.45, 2.75) is 12.7 Å². The molecule has 0 saturated carbocycles. The number of benzene rings is 2. The summed E-state index contributed by atoms with van der Waals surface area (Å²) in [5, 5.41) is 12.1. The first-order chi connectivity index (χ1) is 10.2. The lowest BCUT2D eigenvalue weighted by molar-refractivity contribution is 0.169. The number of hydrogen-bond donors (Lipinski definition) is 1. The molecule has 0 aliphatic heterocycles. The molecule has 21 heavy (non-hydrogen) atoms. The highest BCUT2D eigenvalue weighted by molar-refractivity contribution is 6.31. The molecule has 3 nitrogen and oxygen atoms in total. The van der Waals surface area contributed by atoms with Crippen LogP contribution in [0.2, 0.25) is 5.02 Å². The van der Waals surface area contributed by atoms with Crippen molar-refractivity contribution in [2.75, 3.05) is 7.11 Å². The van der Waals surface area contributed by atoms with Crippen molar-refractivity contribution in [3.8, 4) is 0 Å². The highest BCUT2D eigenvalue weighted by atomic mass is 35.5. The Hall–Kier alpha value is -1.81. The van der Waals surface area contributed by atoms with E-state index in [1.54, 1.807) is 19.2 Å². The molecule has 4 heteroatoms. The van der Waals surface area contributed by atoms with Gasteiger partial charge in [0, 0.05) is 17.5 Å². The predicted octanol–water partition coefficient (Wildman–Crippen LogP) is 4.31. The maximum Gasteiger partial charge on any atom is 0.138 e. The Morgan fingerprint density at radius 2 is 2.00 bits per heavy atom. The maximum absolute atomic E-state index is 10.6. The number of furan rings is 1. The number of aliphatic hydroxyl groups excluding tert-OH is 1. The average molecular weight is 303 g/mol. The number of hydrogen-bond acceptors (Lipinski definition) is 3. The van der Waals surface area contributed by atoms with Crippen LogP contribution in [-0.2, 0) is 11.3 Å². The fraction of sp³-hybridized carbons (Fsp3) is 0.176. The van der Waals surface area contributed by atoms with E-state index in [0.29, 0.717) is 23.0 Å². The summed E-state index contributed by atoms with van der Waals surface area (Å²) in [6.45, 7) is 0.444. The molecule has 108 valence electrons. The van der Waals surface area contributed by atoms with Gasteiger partial charge in [0.25, 0.3) is 0 Å². The number of ether oxygens (including phenoxy) is 1. The molecule has 1 N–H and O–H groups in total. The Kier molecular flexibility index (Phi) is 3.97. The summed E-state index contributed by atoms with van der Waals surface area (Å²) in [6, 6.07) is 14.8. The Balaban J connectivity index is 2.02. The molecule has 0 bridgehead atoms. The molecule has 3 aromatic rings. The van der Waals surface area contributed by atoms with E-state index in [-0.39, 0.29) is 0 Å². The van der Waals surface area contributed by atoms with Crippen molar-refractivity contribution < 1.29 is 14.3 Å². The lowest BCUT2D eigenvalue weighted by Gasteiger charge is -2.13. The molecular weight excluding hydrogens is 288 g/mol. The van der Waals surface area contributed by atoms with Gasteiger partial charge >= 0.3 is 0 Å². The molecule has 2 aromatic carbocycles. The Morgan fingerprint density at radius 3 is 2.81 bits per heavy atom. The third kappa shape index (κ3) is 2.81. The fourth-order valence-corrected chi connectivity index (χ4v) is 2.59. The number of methoxy groups -OCH3 is 1. The van der Waals surface area contributed by atoms with Crippen LogP contribution < -0.4 is 0 Å². The second kappa shape index (κ2) is 5.90. The predicted molar refractivity (Wildman–Crippen MR) is 82.4 cm³/mol. The maximum atomic E-state index is 10.6. The fourth-order valence-electron chi connectivity index (χ4n) is 2.41. The molecular formula is C17H15ClO3. The molecule has 0 aliphatic rings. The van der Waals surface area contributed by atoms with Gasteiger partial charge in [-0.25, -0.2) is 0 Å². The monoisotopic (exact) mass is 302 g/mol. The molecule has 1 unspecified atom stereocenters. The zero-order valence-electron chi connectivity index (χ0n) is 11.5. The van der Waals surface area contributed by atoms with Crippen molar-refractivity contribution in [1.29, 1.82) is 0 Å². The van der Waals surface area contributed by atoms with Crippen LogP contribution in [0.3, 0.4) is 0 Å². The van der Waals surface area contributed by atoms with E-state index in [9.17, 15) is 5.11 Å². The van der Waals surface area contributed by atoms with Gasteiger partial charge in [0.15, 0.2) is 0 Å². The summed E-state index contributed by atoms with van der Waals surface area (Å²) in [6.07, 6.45) is -0.831. The van der Waals surface area contributed by atoms with Crippen molar-refractivity contribution >= 4 is 22.6 Å². The van der Waals surface area contributed by atoms with E-state index >= 15 is 0 Å². The van der Waals surface area contributed by atoms with E-state index in [0.717, 1.165) is 16.5 Å². The summed E-state index contributed by atoms with van der Waals surface area (Å²) >= 11 is 5.97. The molecule has 1 aromatic heterocycles. The highest BCUT2D eigenvalue weighted by Crippen LogP contribution is 2.31. The van der Waals surface area contributed by atoms with Crippen molar-refractivity contribution in [2.24, 2.45) is 0 Å². The average Bonchev–Trinajstić information content (AvgIpc) is 2.90. The summed E-state index contributed by atoms with van der Waals surface area (Å²) < 4.78 is 10.9. The van der Waals surface area contributed by atoms with Crippen LogP contribution in [0.1, 0.15) is 23.0 Å². The van der Waals surface area contributed by atoms with E-state index in [1.807, 2.05) is 36.4 Å². The third-order valence-corrected chi connectivity index (χ3v) is 3.65. The first-order valence-corrected chi connectivity index (χ1v) is 7.00. The van der Waals surface area contributed by atoms with Gasteiger partial charge in [0.2, 0.25) is 0 Å². The molecule has 0 amide bonds. The second-order valence-corrected chi connectivity index (χ2v) is 5.30. The smallest absolute Gasteiger partial charge is 0.138 e. The number of rotatable bonds is 4. The number of aliphatic hydroxyl groups is 1. The van der Waals surface area contributed by atoms with E-state index in [1.165, 1.54) is 0 Å². The van der Waals surface area contributed by atoms with Crippen LogP contribution >= 0.6 is 11.6 Å². The van der Waals surface area contributed by atoms with Crippen LogP contribution in [0.5, 0.6) is 0 Å². The topological polar surface area (TPSA) is 42.6 Å². The lowest BCUT2D eigenvalue weighted by atomic mass is 10.0. The normalized spacial score (nSPS) is 12.7. The molecule has 1 heterocycles. The quantitative estimate of drug-likeness (QED) is 0.780. The summed E-state index contributed by atoms with van der Waals surface area (Å²) in [4.78, 5) is 0. The van der Waals surface area contributed by atoms with Gasteiger partial charge in [0.05, 0.1) is 6.61 Å². The van der Waals surface area contributed by atoms with Crippen molar-refractivity contribution in [1.82, 2.24) is 0 Å². The van der Waals surface area contributed by atoms with Gasteiger partial charge in [0.1, 0.15) is 17.4 Å². The Labute approximate surface area is 127 Å². The van der Waals surface area contributed by atoms with Gasteiger partial charge in [-0.1, -0.05) is 35.9 Å². The molecule has 3 rings (SSSR count). The second-order valence-electron chi connectivity index (χ2n) is 4.87. The SMILES string of the molecule is COCc1ccccc1C(O)c1cc2cc(Cl)ccc2o1. The summed E-state index contributed by atoms with van der Waals surface area (Å²) in [7, 11) is 1.63. The number of fused-ring (bicyclic) bond motifs is 1. The zero-order valence-corrected chi connectivity index (χ0v) is 12.3. The Bertz CT molecular complexity index is 764. The van der Waals surface area contributed by atoms with Gasteiger partial charge in [-0.2, -0.15) is 0 Å². The molecule has 0 aliphatic carbocycles. The van der Waals surface area contributed by atoms with Crippen molar-refractivity contribution in [3.63, 3.8) is 0 Å². The van der Waals surface area contributed by atoms with E-state index in [2.05, 4.69) is 0 Å². The zero-order chi connectivity index (χ0) is 14.8. The molecule has 0 radical (unpaired) electrons.